The van der Waals surface area contributed by atoms with Crippen LogP contribution in [0.2, 0.25) is 5.02 Å². The van der Waals surface area contributed by atoms with Crippen molar-refractivity contribution in [3.05, 3.63) is 63.5 Å². The number of thiocarbonyl (C=S) groups is 1. The summed E-state index contributed by atoms with van der Waals surface area (Å²) in [6.45, 7) is 3.71. The molecule has 0 spiro atoms. The smallest absolute Gasteiger partial charge is 0.263 e. The molecule has 1 N–H and O–H groups in total. The maximum absolute atomic E-state index is 11.9. The Morgan fingerprint density at radius 1 is 1.07 bits per heavy atom. The van der Waals surface area contributed by atoms with Gasteiger partial charge in [-0.2, -0.15) is 0 Å². The number of amides is 1. The molecule has 1 heterocycles. The van der Waals surface area contributed by atoms with Gasteiger partial charge in [-0.1, -0.05) is 53.8 Å². The van der Waals surface area contributed by atoms with Crippen molar-refractivity contribution >= 4 is 51.9 Å². The molecule has 3 rings (SSSR count). The Morgan fingerprint density at radius 2 is 1.79 bits per heavy atom. The minimum absolute atomic E-state index is 0.220. The lowest BCUT2D eigenvalue weighted by atomic mass is 10.2. The van der Waals surface area contributed by atoms with Crippen LogP contribution in [0.3, 0.4) is 0 Å². The van der Waals surface area contributed by atoms with Crippen LogP contribution in [0, 0.1) is 6.92 Å². The van der Waals surface area contributed by atoms with Crippen molar-refractivity contribution in [1.29, 1.82) is 0 Å². The van der Waals surface area contributed by atoms with E-state index in [4.69, 9.17) is 38.0 Å². The van der Waals surface area contributed by atoms with Gasteiger partial charge in [-0.3, -0.25) is 4.79 Å². The first-order chi connectivity index (χ1) is 14.0. The van der Waals surface area contributed by atoms with Gasteiger partial charge in [0.15, 0.2) is 0 Å². The number of carbonyl (C=O) groups is 1. The maximum Gasteiger partial charge on any atom is 0.263 e. The van der Waals surface area contributed by atoms with E-state index in [9.17, 15) is 4.79 Å². The standard InChI is InChI=1S/C21H20ClNO4S2/c1-14-4-2-3-5-17(14)26-10-8-25-9-11-27-18-7-6-16(22)12-15(18)13-19-20(24)23-21(28)29-19/h2-7,12-13H,8-11H2,1H3,(H,23,24,28)/b19-13+. The van der Waals surface area contributed by atoms with Crippen LogP contribution < -0.4 is 14.8 Å². The number of hydrogen-bond donors (Lipinski definition) is 1. The van der Waals surface area contributed by atoms with Crippen LogP contribution in [0.5, 0.6) is 11.5 Å². The van der Waals surface area contributed by atoms with Gasteiger partial charge in [-0.15, -0.1) is 0 Å². The van der Waals surface area contributed by atoms with Gasteiger partial charge in [-0.25, -0.2) is 0 Å². The van der Waals surface area contributed by atoms with Crippen LogP contribution in [0.25, 0.3) is 6.08 Å². The molecule has 0 unspecified atom stereocenters. The van der Waals surface area contributed by atoms with Gasteiger partial charge in [0.25, 0.3) is 5.91 Å². The van der Waals surface area contributed by atoms with Gasteiger partial charge in [-0.05, 0) is 42.8 Å². The van der Waals surface area contributed by atoms with Gasteiger partial charge in [0.05, 0.1) is 18.1 Å². The van der Waals surface area contributed by atoms with E-state index in [1.807, 2.05) is 31.2 Å². The van der Waals surface area contributed by atoms with E-state index in [1.165, 1.54) is 11.8 Å². The second-order valence-corrected chi connectivity index (χ2v) is 8.26. The average molecular weight is 450 g/mol. The predicted molar refractivity (Wildman–Crippen MR) is 121 cm³/mol. The number of ether oxygens (including phenoxy) is 3. The molecule has 0 aromatic heterocycles. The van der Waals surface area contributed by atoms with Crippen molar-refractivity contribution < 1.29 is 19.0 Å². The quantitative estimate of drug-likeness (QED) is 0.342. The molecular formula is C21H20ClNO4S2. The first kappa shape index (κ1) is 21.6. The highest BCUT2D eigenvalue weighted by atomic mass is 35.5. The Bertz CT molecular complexity index is 933. The molecule has 1 aliphatic heterocycles. The third-order valence-corrected chi connectivity index (χ3v) is 5.36. The number of carbonyl (C=O) groups excluding carboxylic acids is 1. The molecular weight excluding hydrogens is 430 g/mol. The largest absolute Gasteiger partial charge is 0.491 e. The average Bonchev–Trinajstić information content (AvgIpc) is 3.00. The van der Waals surface area contributed by atoms with Crippen molar-refractivity contribution in [3.63, 3.8) is 0 Å². The number of halogens is 1. The fraction of sp³-hybridized carbons (Fsp3) is 0.238. The predicted octanol–water partition coefficient (Wildman–Crippen LogP) is 4.61. The van der Waals surface area contributed by atoms with Crippen LogP contribution in [0.15, 0.2) is 47.4 Å². The van der Waals surface area contributed by atoms with Crippen molar-refractivity contribution in [3.8, 4) is 11.5 Å². The van der Waals surface area contributed by atoms with Gasteiger partial charge in [0.1, 0.15) is 29.0 Å². The maximum atomic E-state index is 11.9. The Labute approximate surface area is 184 Å². The monoisotopic (exact) mass is 449 g/mol. The molecule has 0 saturated carbocycles. The fourth-order valence-corrected chi connectivity index (χ4v) is 3.78. The zero-order valence-electron chi connectivity index (χ0n) is 15.8. The van der Waals surface area contributed by atoms with Crippen molar-refractivity contribution in [2.24, 2.45) is 0 Å². The third-order valence-electron chi connectivity index (χ3n) is 3.96. The van der Waals surface area contributed by atoms with Gasteiger partial charge in [0, 0.05) is 10.6 Å². The molecule has 0 aliphatic carbocycles. The molecule has 0 bridgehead atoms. The third kappa shape index (κ3) is 6.47. The highest BCUT2D eigenvalue weighted by molar-refractivity contribution is 8.26. The summed E-state index contributed by atoms with van der Waals surface area (Å²) in [5.74, 6) is 1.26. The van der Waals surface area contributed by atoms with E-state index in [-0.39, 0.29) is 5.91 Å². The molecule has 1 saturated heterocycles. The number of para-hydroxylation sites is 1. The van der Waals surface area contributed by atoms with Crippen LogP contribution >= 0.6 is 35.6 Å². The Hall–Kier alpha value is -2.06. The SMILES string of the molecule is Cc1ccccc1OCCOCCOc1ccc(Cl)cc1/C=C1/SC(=S)NC1=O. The lowest BCUT2D eigenvalue weighted by Crippen LogP contribution is -2.17. The molecule has 1 fully saturated rings. The molecule has 1 amide bonds. The molecule has 29 heavy (non-hydrogen) atoms. The number of nitrogens with one attached hydrogen (secondary N) is 1. The Balaban J connectivity index is 1.46. The van der Waals surface area contributed by atoms with E-state index in [1.54, 1.807) is 24.3 Å². The van der Waals surface area contributed by atoms with Gasteiger partial charge in [0.2, 0.25) is 0 Å². The second kappa shape index (κ2) is 10.6. The summed E-state index contributed by atoms with van der Waals surface area (Å²) in [5.41, 5.74) is 1.80. The molecule has 2 aromatic carbocycles. The van der Waals surface area contributed by atoms with Crippen molar-refractivity contribution in [2.45, 2.75) is 6.92 Å². The van der Waals surface area contributed by atoms with E-state index in [2.05, 4.69) is 5.32 Å². The van der Waals surface area contributed by atoms with E-state index >= 15 is 0 Å². The normalized spacial score (nSPS) is 14.9. The number of benzene rings is 2. The number of aryl methyl sites for hydroxylation is 1. The number of hydrogen-bond acceptors (Lipinski definition) is 6. The number of rotatable bonds is 9. The Morgan fingerprint density at radius 3 is 2.48 bits per heavy atom. The first-order valence-electron chi connectivity index (χ1n) is 8.96. The molecule has 2 aromatic rings. The second-order valence-electron chi connectivity index (χ2n) is 6.11. The van der Waals surface area contributed by atoms with E-state index < -0.39 is 0 Å². The summed E-state index contributed by atoms with van der Waals surface area (Å²) in [7, 11) is 0. The highest BCUT2D eigenvalue weighted by Crippen LogP contribution is 2.31. The minimum Gasteiger partial charge on any atom is -0.491 e. The minimum atomic E-state index is -0.220. The molecule has 0 radical (unpaired) electrons. The summed E-state index contributed by atoms with van der Waals surface area (Å²) < 4.78 is 17.5. The summed E-state index contributed by atoms with van der Waals surface area (Å²) in [4.78, 5) is 12.4. The molecule has 152 valence electrons. The first-order valence-corrected chi connectivity index (χ1v) is 10.6. The van der Waals surface area contributed by atoms with E-state index in [0.717, 1.165) is 11.3 Å². The Kier molecular flexibility index (Phi) is 7.94. The summed E-state index contributed by atoms with van der Waals surface area (Å²) in [6.07, 6.45) is 1.72. The van der Waals surface area contributed by atoms with Crippen LogP contribution in [-0.2, 0) is 9.53 Å². The number of thioether (sulfide) groups is 1. The van der Waals surface area contributed by atoms with Crippen molar-refractivity contribution in [1.82, 2.24) is 5.32 Å². The summed E-state index contributed by atoms with van der Waals surface area (Å²) >= 11 is 12.3. The van der Waals surface area contributed by atoms with Gasteiger partial charge >= 0.3 is 0 Å². The van der Waals surface area contributed by atoms with Crippen molar-refractivity contribution in [2.75, 3.05) is 26.4 Å². The topological polar surface area (TPSA) is 56.8 Å². The zero-order chi connectivity index (χ0) is 20.6. The summed E-state index contributed by atoms with van der Waals surface area (Å²) in [6, 6.07) is 13.1. The zero-order valence-corrected chi connectivity index (χ0v) is 18.2. The van der Waals surface area contributed by atoms with Crippen LogP contribution in [-0.4, -0.2) is 36.7 Å². The molecule has 5 nitrogen and oxygen atoms in total. The van der Waals surface area contributed by atoms with Crippen LogP contribution in [0.4, 0.5) is 0 Å². The fourth-order valence-electron chi connectivity index (χ4n) is 2.57. The van der Waals surface area contributed by atoms with Gasteiger partial charge < -0.3 is 19.5 Å². The van der Waals surface area contributed by atoms with E-state index in [0.29, 0.717) is 52.0 Å². The lowest BCUT2D eigenvalue weighted by Gasteiger charge is -2.11. The summed E-state index contributed by atoms with van der Waals surface area (Å²) in [5, 5.41) is 3.15. The molecule has 8 heteroatoms. The highest BCUT2D eigenvalue weighted by Gasteiger charge is 2.22. The lowest BCUT2D eigenvalue weighted by molar-refractivity contribution is -0.115. The molecule has 0 atom stereocenters. The molecule has 1 aliphatic rings. The van der Waals surface area contributed by atoms with Crippen LogP contribution in [0.1, 0.15) is 11.1 Å².